The zero-order valence-corrected chi connectivity index (χ0v) is 27.7. The summed E-state index contributed by atoms with van der Waals surface area (Å²) in [4.78, 5) is 45.3. The number of phosphoric ester groups is 1. The highest BCUT2D eigenvalue weighted by molar-refractivity contribution is 7.47. The van der Waals surface area contributed by atoms with Crippen molar-refractivity contribution in [3.63, 3.8) is 0 Å². The maximum absolute atomic E-state index is 12.4. The summed E-state index contributed by atoms with van der Waals surface area (Å²) in [5.41, 5.74) is 5.28. The van der Waals surface area contributed by atoms with Crippen LogP contribution >= 0.6 is 7.82 Å². The molecule has 0 saturated heterocycles. The van der Waals surface area contributed by atoms with Gasteiger partial charge in [0.25, 0.3) is 0 Å². The standard InChI is InChI=1S/C31H60NO10P/c1-3-5-7-9-11-12-13-14-15-17-18-20-22-29(33)39-24-27(25-40-43(37,38)41-26-28(32)31(35)36)42-30(34)23-21-19-16-10-8-6-4-2/h27-28H,3-26,32H2,1-2H3,(H,35,36)(H,37,38)/t27-,28+/m1/s1. The number of nitrogens with two attached hydrogens (primary N) is 1. The number of esters is 2. The van der Waals surface area contributed by atoms with Crippen molar-refractivity contribution in [3.05, 3.63) is 0 Å². The molecule has 12 heteroatoms. The molecule has 0 radical (unpaired) electrons. The van der Waals surface area contributed by atoms with Crippen molar-refractivity contribution in [2.45, 2.75) is 161 Å². The molecule has 254 valence electrons. The molecule has 3 atom stereocenters. The minimum atomic E-state index is -4.69. The van der Waals surface area contributed by atoms with E-state index in [1.807, 2.05) is 0 Å². The lowest BCUT2D eigenvalue weighted by Crippen LogP contribution is -2.34. The lowest BCUT2D eigenvalue weighted by atomic mass is 10.0. The SMILES string of the molecule is CCCCCCCCCCCCCCC(=O)OC[C@H](COP(=O)(O)OC[C@H](N)C(=O)O)OC(=O)CCCCCCCCC. The number of rotatable bonds is 31. The lowest BCUT2D eigenvalue weighted by molar-refractivity contribution is -0.161. The van der Waals surface area contributed by atoms with Crippen molar-refractivity contribution >= 4 is 25.7 Å². The van der Waals surface area contributed by atoms with Crippen LogP contribution in [0, 0.1) is 0 Å². The molecule has 43 heavy (non-hydrogen) atoms. The molecule has 0 saturated carbocycles. The van der Waals surface area contributed by atoms with Crippen LogP contribution in [0.4, 0.5) is 0 Å². The Hall–Kier alpha value is -1.52. The first kappa shape index (κ1) is 41.5. The monoisotopic (exact) mass is 637 g/mol. The fourth-order valence-corrected chi connectivity index (χ4v) is 5.19. The Labute approximate surface area is 259 Å². The quantitative estimate of drug-likeness (QED) is 0.0398. The van der Waals surface area contributed by atoms with Gasteiger partial charge in [0, 0.05) is 12.8 Å². The summed E-state index contributed by atoms with van der Waals surface area (Å²) in [5, 5.41) is 8.80. The van der Waals surface area contributed by atoms with Gasteiger partial charge in [-0.3, -0.25) is 23.4 Å². The number of carboxylic acid groups (broad SMARTS) is 1. The summed E-state index contributed by atoms with van der Waals surface area (Å²) in [5.74, 6) is -2.38. The molecule has 1 unspecified atom stereocenters. The summed E-state index contributed by atoms with van der Waals surface area (Å²) in [6, 6.07) is -1.51. The van der Waals surface area contributed by atoms with Gasteiger partial charge in [-0.1, -0.05) is 123 Å². The van der Waals surface area contributed by atoms with Crippen LogP contribution in [0.15, 0.2) is 0 Å². The second kappa shape index (κ2) is 28.0. The Morgan fingerprint density at radius 1 is 0.628 bits per heavy atom. The van der Waals surface area contributed by atoms with Crippen LogP contribution in [-0.2, 0) is 37.5 Å². The summed E-state index contributed by atoms with van der Waals surface area (Å²) >= 11 is 0. The third kappa shape index (κ3) is 27.7. The number of hydrogen-bond donors (Lipinski definition) is 3. The smallest absolute Gasteiger partial charge is 0.472 e. The van der Waals surface area contributed by atoms with Crippen LogP contribution in [0.3, 0.4) is 0 Å². The van der Waals surface area contributed by atoms with E-state index in [9.17, 15) is 23.8 Å². The van der Waals surface area contributed by atoms with Gasteiger partial charge in [0.15, 0.2) is 6.10 Å². The first-order chi connectivity index (χ1) is 20.6. The molecule has 0 aliphatic rings. The Balaban J connectivity index is 4.45. The molecule has 0 aromatic carbocycles. The highest BCUT2D eigenvalue weighted by atomic mass is 31.2. The van der Waals surface area contributed by atoms with E-state index in [1.165, 1.54) is 64.2 Å². The first-order valence-electron chi connectivity index (χ1n) is 16.6. The summed E-state index contributed by atoms with van der Waals surface area (Å²) in [6.07, 6.45) is 20.6. The molecule has 11 nitrogen and oxygen atoms in total. The van der Waals surface area contributed by atoms with E-state index in [1.54, 1.807) is 0 Å². The van der Waals surface area contributed by atoms with Gasteiger partial charge in [0.1, 0.15) is 12.6 Å². The normalized spacial score (nSPS) is 14.1. The summed E-state index contributed by atoms with van der Waals surface area (Å²) in [7, 11) is -4.69. The highest BCUT2D eigenvalue weighted by Gasteiger charge is 2.28. The van der Waals surface area contributed by atoms with Gasteiger partial charge >= 0.3 is 25.7 Å². The molecule has 0 heterocycles. The topological polar surface area (TPSA) is 172 Å². The molecule has 0 spiro atoms. The summed E-state index contributed by atoms with van der Waals surface area (Å²) < 4.78 is 32.3. The Morgan fingerprint density at radius 3 is 1.47 bits per heavy atom. The number of phosphoric acid groups is 1. The van der Waals surface area contributed by atoms with E-state index in [-0.39, 0.29) is 19.4 Å². The predicted octanol–water partition coefficient (Wildman–Crippen LogP) is 7.22. The van der Waals surface area contributed by atoms with Crippen LogP contribution in [-0.4, -0.2) is 59.9 Å². The van der Waals surface area contributed by atoms with Gasteiger partial charge in [-0.25, -0.2) is 4.57 Å². The molecule has 0 amide bonds. The van der Waals surface area contributed by atoms with Crippen LogP contribution in [0.25, 0.3) is 0 Å². The first-order valence-corrected chi connectivity index (χ1v) is 18.1. The van der Waals surface area contributed by atoms with Crippen LogP contribution in [0.2, 0.25) is 0 Å². The predicted molar refractivity (Wildman–Crippen MR) is 166 cm³/mol. The largest absolute Gasteiger partial charge is 0.480 e. The average Bonchev–Trinajstić information content (AvgIpc) is 2.97. The molecule has 0 rings (SSSR count). The van der Waals surface area contributed by atoms with E-state index in [4.69, 9.17) is 24.8 Å². The molecular weight excluding hydrogens is 577 g/mol. The summed E-state index contributed by atoms with van der Waals surface area (Å²) in [6.45, 7) is 2.71. The van der Waals surface area contributed by atoms with Gasteiger partial charge in [0.05, 0.1) is 13.2 Å². The fourth-order valence-electron chi connectivity index (χ4n) is 4.42. The number of carboxylic acids is 1. The molecule has 0 aliphatic carbocycles. The number of unbranched alkanes of at least 4 members (excludes halogenated alkanes) is 17. The second-order valence-corrected chi connectivity index (χ2v) is 12.8. The number of hydrogen-bond acceptors (Lipinski definition) is 9. The lowest BCUT2D eigenvalue weighted by Gasteiger charge is -2.20. The minimum Gasteiger partial charge on any atom is -0.480 e. The van der Waals surface area contributed by atoms with Crippen molar-refractivity contribution in [2.24, 2.45) is 5.73 Å². The zero-order chi connectivity index (χ0) is 32.2. The Bertz CT molecular complexity index is 767. The number of carbonyl (C=O) groups is 3. The number of ether oxygens (including phenoxy) is 2. The number of aliphatic carboxylic acids is 1. The molecule has 0 bridgehead atoms. The molecule has 4 N–H and O–H groups in total. The van der Waals surface area contributed by atoms with Crippen molar-refractivity contribution < 1.29 is 47.5 Å². The van der Waals surface area contributed by atoms with Gasteiger partial charge in [-0.05, 0) is 12.8 Å². The van der Waals surface area contributed by atoms with Gasteiger partial charge in [0.2, 0.25) is 0 Å². The molecule has 0 aromatic rings. The van der Waals surface area contributed by atoms with Crippen LogP contribution < -0.4 is 5.73 Å². The third-order valence-electron chi connectivity index (χ3n) is 7.11. The van der Waals surface area contributed by atoms with E-state index < -0.39 is 51.1 Å². The van der Waals surface area contributed by atoms with E-state index in [0.717, 1.165) is 44.9 Å². The van der Waals surface area contributed by atoms with Crippen molar-refractivity contribution in [1.29, 1.82) is 0 Å². The minimum absolute atomic E-state index is 0.165. The zero-order valence-electron chi connectivity index (χ0n) is 26.8. The Morgan fingerprint density at radius 2 is 1.02 bits per heavy atom. The molecular formula is C31H60NO10P. The van der Waals surface area contributed by atoms with E-state index in [0.29, 0.717) is 12.8 Å². The van der Waals surface area contributed by atoms with Gasteiger partial charge in [-0.2, -0.15) is 0 Å². The van der Waals surface area contributed by atoms with E-state index in [2.05, 4.69) is 18.4 Å². The van der Waals surface area contributed by atoms with Crippen LogP contribution in [0.5, 0.6) is 0 Å². The van der Waals surface area contributed by atoms with Crippen LogP contribution in [0.1, 0.15) is 149 Å². The van der Waals surface area contributed by atoms with Gasteiger partial charge < -0.3 is 25.2 Å². The van der Waals surface area contributed by atoms with Crippen molar-refractivity contribution in [2.75, 3.05) is 19.8 Å². The Kier molecular flexibility index (Phi) is 27.0. The fraction of sp³-hybridized carbons (Fsp3) is 0.903. The third-order valence-corrected chi connectivity index (χ3v) is 8.06. The molecule has 0 aliphatic heterocycles. The molecule has 0 aromatic heterocycles. The van der Waals surface area contributed by atoms with Gasteiger partial charge in [-0.15, -0.1) is 0 Å². The average molecular weight is 638 g/mol. The number of carbonyl (C=O) groups excluding carboxylic acids is 2. The van der Waals surface area contributed by atoms with E-state index >= 15 is 0 Å². The molecule has 0 fully saturated rings. The van der Waals surface area contributed by atoms with Crippen molar-refractivity contribution in [1.82, 2.24) is 0 Å². The maximum atomic E-state index is 12.4. The second-order valence-electron chi connectivity index (χ2n) is 11.3. The van der Waals surface area contributed by atoms with Crippen molar-refractivity contribution in [3.8, 4) is 0 Å². The maximum Gasteiger partial charge on any atom is 0.472 e. The highest BCUT2D eigenvalue weighted by Crippen LogP contribution is 2.43.